The number of amides is 1. The molecule has 27 heavy (non-hydrogen) atoms. The monoisotopic (exact) mass is 363 g/mol. The van der Waals surface area contributed by atoms with Crippen LogP contribution in [0.25, 0.3) is 0 Å². The first-order chi connectivity index (χ1) is 13.1. The fraction of sp³-hybridized carbons (Fsp3) is 0.391. The number of carbonyl (C=O) groups is 2. The molecule has 0 radical (unpaired) electrons. The fourth-order valence-electron chi connectivity index (χ4n) is 4.36. The minimum Gasteiger partial charge on any atom is -0.457 e. The second-order valence-corrected chi connectivity index (χ2v) is 7.83. The summed E-state index contributed by atoms with van der Waals surface area (Å²) in [7, 11) is 0. The Morgan fingerprint density at radius 1 is 1.00 bits per heavy atom. The van der Waals surface area contributed by atoms with E-state index in [9.17, 15) is 9.59 Å². The van der Waals surface area contributed by atoms with Crippen LogP contribution in [0.2, 0.25) is 0 Å². The Bertz CT molecular complexity index is 827. The van der Waals surface area contributed by atoms with Crippen LogP contribution in [0.15, 0.2) is 48.5 Å². The molecular weight excluding hydrogens is 338 g/mol. The number of fused-ring (bicyclic) bond motifs is 2. The largest absolute Gasteiger partial charge is 0.457 e. The number of ketones is 1. The average molecular weight is 363 g/mol. The highest BCUT2D eigenvalue weighted by Gasteiger charge is 2.41. The van der Waals surface area contributed by atoms with Gasteiger partial charge in [-0.3, -0.25) is 9.59 Å². The van der Waals surface area contributed by atoms with Gasteiger partial charge in [0.05, 0.1) is 0 Å². The van der Waals surface area contributed by atoms with Crippen LogP contribution in [0.1, 0.15) is 37.7 Å². The van der Waals surface area contributed by atoms with Crippen LogP contribution in [-0.2, 0) is 9.59 Å². The Hall–Kier alpha value is -2.62. The third kappa shape index (κ3) is 4.05. The zero-order valence-electron chi connectivity index (χ0n) is 15.6. The fourth-order valence-corrected chi connectivity index (χ4v) is 4.36. The van der Waals surface area contributed by atoms with E-state index in [4.69, 9.17) is 4.74 Å². The lowest BCUT2D eigenvalue weighted by Gasteiger charge is -2.36. The first-order valence-electron chi connectivity index (χ1n) is 9.77. The molecule has 0 aliphatic heterocycles. The molecule has 4 rings (SSSR count). The smallest absolute Gasteiger partial charge is 0.227 e. The molecule has 4 nitrogen and oxygen atoms in total. The lowest BCUT2D eigenvalue weighted by Crippen LogP contribution is -2.40. The quantitative estimate of drug-likeness (QED) is 0.820. The van der Waals surface area contributed by atoms with Crippen LogP contribution in [0, 0.1) is 24.7 Å². The summed E-state index contributed by atoms with van der Waals surface area (Å²) in [6.45, 7) is 2.03. The third-order valence-electron chi connectivity index (χ3n) is 5.77. The molecule has 2 aliphatic rings. The first kappa shape index (κ1) is 17.8. The summed E-state index contributed by atoms with van der Waals surface area (Å²) in [5.41, 5.74) is 1.91. The van der Waals surface area contributed by atoms with Gasteiger partial charge in [0.1, 0.15) is 17.3 Å². The van der Waals surface area contributed by atoms with Crippen molar-refractivity contribution in [3.05, 3.63) is 54.1 Å². The summed E-state index contributed by atoms with van der Waals surface area (Å²) in [4.78, 5) is 24.9. The summed E-state index contributed by atoms with van der Waals surface area (Å²) in [5, 5.41) is 3.01. The highest BCUT2D eigenvalue weighted by atomic mass is 16.5. The topological polar surface area (TPSA) is 55.4 Å². The van der Waals surface area contributed by atoms with Crippen molar-refractivity contribution < 1.29 is 14.3 Å². The van der Waals surface area contributed by atoms with E-state index in [1.807, 2.05) is 55.5 Å². The lowest BCUT2D eigenvalue weighted by atomic mass is 9.67. The van der Waals surface area contributed by atoms with Crippen molar-refractivity contribution in [2.75, 3.05) is 5.32 Å². The van der Waals surface area contributed by atoms with Gasteiger partial charge in [-0.2, -0.15) is 0 Å². The Kier molecular flexibility index (Phi) is 4.97. The number of anilines is 1. The SMILES string of the molecule is Cc1cccc(Oc2ccc(NC(=O)C3C[C@H]4CCC[C@@H](C3)C4=O)cc2)c1. The van der Waals surface area contributed by atoms with Crippen LogP contribution in [0.4, 0.5) is 5.69 Å². The van der Waals surface area contributed by atoms with E-state index in [2.05, 4.69) is 5.32 Å². The van der Waals surface area contributed by atoms with Crippen LogP contribution in [-0.4, -0.2) is 11.7 Å². The highest BCUT2D eigenvalue weighted by Crippen LogP contribution is 2.40. The molecule has 0 heterocycles. The molecule has 140 valence electrons. The van der Waals surface area contributed by atoms with Crippen molar-refractivity contribution >= 4 is 17.4 Å². The third-order valence-corrected chi connectivity index (χ3v) is 5.77. The minimum atomic E-state index is -0.0544. The molecule has 4 heteroatoms. The number of rotatable bonds is 4. The van der Waals surface area contributed by atoms with Gasteiger partial charge in [0.15, 0.2) is 0 Å². The summed E-state index contributed by atoms with van der Waals surface area (Å²) in [6.07, 6.45) is 4.43. The number of aryl methyl sites for hydroxylation is 1. The van der Waals surface area contributed by atoms with E-state index in [1.165, 1.54) is 0 Å². The zero-order chi connectivity index (χ0) is 18.8. The Labute approximate surface area is 159 Å². The van der Waals surface area contributed by atoms with E-state index in [0.29, 0.717) is 18.6 Å². The van der Waals surface area contributed by atoms with Gasteiger partial charge in [-0.1, -0.05) is 18.6 Å². The zero-order valence-corrected chi connectivity index (χ0v) is 15.6. The highest BCUT2D eigenvalue weighted by molar-refractivity contribution is 5.95. The van der Waals surface area contributed by atoms with E-state index in [0.717, 1.165) is 42.0 Å². The van der Waals surface area contributed by atoms with Crippen molar-refractivity contribution in [2.24, 2.45) is 17.8 Å². The van der Waals surface area contributed by atoms with Crippen LogP contribution >= 0.6 is 0 Å². The lowest BCUT2D eigenvalue weighted by molar-refractivity contribution is -0.136. The molecule has 0 aromatic heterocycles. The maximum Gasteiger partial charge on any atom is 0.227 e. The molecule has 2 aromatic carbocycles. The number of hydrogen-bond acceptors (Lipinski definition) is 3. The minimum absolute atomic E-state index is 0.0340. The molecule has 1 unspecified atom stereocenters. The Balaban J connectivity index is 1.37. The maximum absolute atomic E-state index is 12.7. The van der Waals surface area contributed by atoms with Gasteiger partial charge in [-0.25, -0.2) is 0 Å². The summed E-state index contributed by atoms with van der Waals surface area (Å²) in [5.74, 6) is 2.09. The van der Waals surface area contributed by atoms with Crippen molar-refractivity contribution in [1.82, 2.24) is 0 Å². The van der Waals surface area contributed by atoms with Crippen molar-refractivity contribution in [1.29, 1.82) is 0 Å². The van der Waals surface area contributed by atoms with Crippen molar-refractivity contribution in [2.45, 2.75) is 39.0 Å². The summed E-state index contributed by atoms with van der Waals surface area (Å²) in [6, 6.07) is 15.3. The second-order valence-electron chi connectivity index (χ2n) is 7.83. The van der Waals surface area contributed by atoms with E-state index in [1.54, 1.807) is 0 Å². The summed E-state index contributed by atoms with van der Waals surface area (Å²) >= 11 is 0. The van der Waals surface area contributed by atoms with Crippen LogP contribution in [0.5, 0.6) is 11.5 Å². The van der Waals surface area contributed by atoms with E-state index >= 15 is 0 Å². The first-order valence-corrected chi connectivity index (χ1v) is 9.77. The number of hydrogen-bond donors (Lipinski definition) is 1. The van der Waals surface area contributed by atoms with E-state index in [-0.39, 0.29) is 23.7 Å². The number of benzene rings is 2. The van der Waals surface area contributed by atoms with Gasteiger partial charge in [-0.05, 0) is 74.6 Å². The molecule has 0 spiro atoms. The molecule has 2 aliphatic carbocycles. The number of ether oxygens (including phenoxy) is 1. The van der Waals surface area contributed by atoms with Gasteiger partial charge in [0.2, 0.25) is 5.91 Å². The van der Waals surface area contributed by atoms with Crippen LogP contribution in [0.3, 0.4) is 0 Å². The van der Waals surface area contributed by atoms with Gasteiger partial charge < -0.3 is 10.1 Å². The molecule has 0 saturated heterocycles. The van der Waals surface area contributed by atoms with Crippen LogP contribution < -0.4 is 10.1 Å². The average Bonchev–Trinajstić information content (AvgIpc) is 2.63. The predicted molar refractivity (Wildman–Crippen MR) is 105 cm³/mol. The second kappa shape index (κ2) is 7.55. The van der Waals surface area contributed by atoms with Crippen molar-refractivity contribution in [3.8, 4) is 11.5 Å². The molecule has 2 fully saturated rings. The van der Waals surface area contributed by atoms with Gasteiger partial charge in [0, 0.05) is 23.4 Å². The predicted octanol–water partition coefficient (Wildman–Crippen LogP) is 5.12. The number of carbonyl (C=O) groups excluding carboxylic acids is 2. The maximum atomic E-state index is 12.7. The number of nitrogens with one attached hydrogen (secondary N) is 1. The van der Waals surface area contributed by atoms with E-state index < -0.39 is 0 Å². The molecule has 3 atom stereocenters. The summed E-state index contributed by atoms with van der Waals surface area (Å²) < 4.78 is 5.85. The molecular formula is C23H25NO3. The van der Waals surface area contributed by atoms with Gasteiger partial charge in [0.25, 0.3) is 0 Å². The Morgan fingerprint density at radius 3 is 2.37 bits per heavy atom. The number of Topliss-reactive ketones (excluding diaryl/α,β-unsaturated/α-hetero) is 1. The Morgan fingerprint density at radius 2 is 1.70 bits per heavy atom. The molecule has 2 aromatic rings. The molecule has 2 bridgehead atoms. The molecule has 1 N–H and O–H groups in total. The van der Waals surface area contributed by atoms with Crippen molar-refractivity contribution in [3.63, 3.8) is 0 Å². The normalized spacial score (nSPS) is 24.3. The van der Waals surface area contributed by atoms with Gasteiger partial charge >= 0.3 is 0 Å². The molecule has 1 amide bonds. The molecule has 2 saturated carbocycles. The van der Waals surface area contributed by atoms with Gasteiger partial charge in [-0.15, -0.1) is 0 Å². The standard InChI is InChI=1S/C23H25NO3/c1-15-4-2-7-21(12-15)27-20-10-8-19(9-11-20)24-23(26)18-13-16-5-3-6-17(14-18)22(16)25/h2,4,7-12,16-18H,3,5-6,13-14H2,1H3,(H,24,26)/t16-,17+,18?.